The van der Waals surface area contributed by atoms with Gasteiger partial charge in [0.05, 0.1) is 0 Å². The molecular formula is C14H18F2. The van der Waals surface area contributed by atoms with Crippen LogP contribution in [0.3, 0.4) is 0 Å². The molecule has 0 bridgehead atoms. The summed E-state index contributed by atoms with van der Waals surface area (Å²) in [6.07, 6.45) is 6.42. The summed E-state index contributed by atoms with van der Waals surface area (Å²) in [5.41, 5.74) is 0.228. The van der Waals surface area contributed by atoms with Crippen molar-refractivity contribution in [1.29, 1.82) is 0 Å². The summed E-state index contributed by atoms with van der Waals surface area (Å²) < 4.78 is 27.1. The Kier molecular flexibility index (Phi) is 5.17. The summed E-state index contributed by atoms with van der Waals surface area (Å²) in [6, 6.07) is 4.05. The molecule has 2 heteroatoms. The Balaban J connectivity index is 2.90. The van der Waals surface area contributed by atoms with Gasteiger partial charge in [-0.1, -0.05) is 32.1 Å². The third kappa shape index (κ3) is 3.16. The second-order valence-corrected chi connectivity index (χ2v) is 3.86. The molecule has 0 nitrogen and oxygen atoms in total. The highest BCUT2D eigenvalue weighted by atomic mass is 19.1. The van der Waals surface area contributed by atoms with Crippen LogP contribution in [0, 0.1) is 11.6 Å². The van der Waals surface area contributed by atoms with Gasteiger partial charge in [-0.15, -0.1) is 0 Å². The number of hydrogen-bond acceptors (Lipinski definition) is 0. The maximum absolute atomic E-state index is 13.5. The Morgan fingerprint density at radius 2 is 1.75 bits per heavy atom. The number of benzene rings is 1. The monoisotopic (exact) mass is 224 g/mol. The third-order valence-corrected chi connectivity index (χ3v) is 2.72. The van der Waals surface area contributed by atoms with E-state index in [9.17, 15) is 8.78 Å². The van der Waals surface area contributed by atoms with E-state index in [-0.39, 0.29) is 11.5 Å². The molecule has 0 fully saturated rings. The molecule has 1 aromatic carbocycles. The molecule has 0 radical (unpaired) electrons. The summed E-state index contributed by atoms with van der Waals surface area (Å²) in [5, 5.41) is 0. The van der Waals surface area contributed by atoms with E-state index in [1.807, 2.05) is 26.0 Å². The van der Waals surface area contributed by atoms with Crippen molar-refractivity contribution in [3.05, 3.63) is 47.5 Å². The summed E-state index contributed by atoms with van der Waals surface area (Å²) in [7, 11) is 0. The van der Waals surface area contributed by atoms with Gasteiger partial charge in [-0.05, 0) is 37.3 Å². The molecule has 0 heterocycles. The molecule has 0 aliphatic rings. The van der Waals surface area contributed by atoms with Crippen LogP contribution in [-0.2, 0) is 0 Å². The number of allylic oxidation sites excluding steroid dienone is 2. The number of halogens is 2. The molecule has 0 saturated carbocycles. The van der Waals surface area contributed by atoms with Crippen molar-refractivity contribution in [3.8, 4) is 0 Å². The van der Waals surface area contributed by atoms with Crippen molar-refractivity contribution in [2.45, 2.75) is 39.0 Å². The van der Waals surface area contributed by atoms with Crippen LogP contribution in [0.25, 0.3) is 0 Å². The molecule has 0 aliphatic carbocycles. The Morgan fingerprint density at radius 1 is 1.12 bits per heavy atom. The number of rotatable bonds is 5. The third-order valence-electron chi connectivity index (χ3n) is 2.72. The summed E-state index contributed by atoms with van der Waals surface area (Å²) >= 11 is 0. The summed E-state index contributed by atoms with van der Waals surface area (Å²) in [4.78, 5) is 0. The second kappa shape index (κ2) is 6.41. The number of hydrogen-bond donors (Lipinski definition) is 0. The summed E-state index contributed by atoms with van der Waals surface area (Å²) in [5.74, 6) is -0.933. The molecule has 16 heavy (non-hydrogen) atoms. The molecule has 0 aliphatic heterocycles. The topological polar surface area (TPSA) is 0 Å². The zero-order valence-corrected chi connectivity index (χ0v) is 9.84. The first kappa shape index (κ1) is 12.9. The largest absolute Gasteiger partial charge is 0.207 e. The highest BCUT2D eigenvalue weighted by molar-refractivity contribution is 5.24. The van der Waals surface area contributed by atoms with Gasteiger partial charge in [0.25, 0.3) is 0 Å². The van der Waals surface area contributed by atoms with Crippen LogP contribution < -0.4 is 0 Å². The average molecular weight is 224 g/mol. The van der Waals surface area contributed by atoms with E-state index in [1.54, 1.807) is 0 Å². The van der Waals surface area contributed by atoms with Crippen molar-refractivity contribution in [1.82, 2.24) is 0 Å². The highest BCUT2D eigenvalue weighted by Crippen LogP contribution is 2.28. The molecule has 0 amide bonds. The van der Waals surface area contributed by atoms with E-state index >= 15 is 0 Å². The first-order valence-corrected chi connectivity index (χ1v) is 5.79. The van der Waals surface area contributed by atoms with Gasteiger partial charge >= 0.3 is 0 Å². The Hall–Kier alpha value is -1.18. The molecule has 0 aromatic heterocycles. The molecule has 1 unspecified atom stereocenters. The lowest BCUT2D eigenvalue weighted by atomic mass is 9.92. The lowest BCUT2D eigenvalue weighted by Gasteiger charge is -2.14. The van der Waals surface area contributed by atoms with Gasteiger partial charge in [0.1, 0.15) is 11.6 Å². The second-order valence-electron chi connectivity index (χ2n) is 3.86. The molecule has 1 atom stereocenters. The predicted octanol–water partition coefficient (Wildman–Crippen LogP) is 4.81. The van der Waals surface area contributed by atoms with Gasteiger partial charge in [0.15, 0.2) is 0 Å². The first-order valence-electron chi connectivity index (χ1n) is 5.79. The van der Waals surface area contributed by atoms with Crippen LogP contribution in [0.5, 0.6) is 0 Å². The van der Waals surface area contributed by atoms with Crippen LogP contribution in [0.15, 0.2) is 30.4 Å². The lowest BCUT2D eigenvalue weighted by molar-refractivity contribution is 0.515. The van der Waals surface area contributed by atoms with Crippen LogP contribution in [0.1, 0.15) is 44.6 Å². The molecule has 1 aromatic rings. The van der Waals surface area contributed by atoms with E-state index in [2.05, 4.69) is 0 Å². The van der Waals surface area contributed by atoms with Crippen molar-refractivity contribution in [2.24, 2.45) is 0 Å². The Morgan fingerprint density at radius 3 is 2.25 bits per heavy atom. The van der Waals surface area contributed by atoms with Crippen LogP contribution in [0.4, 0.5) is 8.78 Å². The smallest absolute Gasteiger partial charge is 0.129 e. The first-order chi connectivity index (χ1) is 7.70. The zero-order chi connectivity index (χ0) is 12.0. The molecule has 0 saturated heterocycles. The molecule has 1 rings (SSSR count). The Labute approximate surface area is 96.0 Å². The quantitative estimate of drug-likeness (QED) is 0.629. The highest BCUT2D eigenvalue weighted by Gasteiger charge is 2.17. The molecular weight excluding hydrogens is 206 g/mol. The summed E-state index contributed by atoms with van der Waals surface area (Å²) in [6.45, 7) is 4.00. The van der Waals surface area contributed by atoms with Crippen molar-refractivity contribution >= 4 is 0 Å². The predicted molar refractivity (Wildman–Crippen MR) is 63.4 cm³/mol. The van der Waals surface area contributed by atoms with Gasteiger partial charge in [-0.25, -0.2) is 8.78 Å². The van der Waals surface area contributed by atoms with Crippen LogP contribution >= 0.6 is 0 Å². The molecule has 88 valence electrons. The van der Waals surface area contributed by atoms with Gasteiger partial charge in [0.2, 0.25) is 0 Å². The average Bonchev–Trinajstić information content (AvgIpc) is 2.26. The van der Waals surface area contributed by atoms with Crippen LogP contribution in [-0.4, -0.2) is 0 Å². The van der Waals surface area contributed by atoms with E-state index in [4.69, 9.17) is 0 Å². The van der Waals surface area contributed by atoms with Gasteiger partial charge in [-0.2, -0.15) is 0 Å². The minimum absolute atomic E-state index is 0.0657. The zero-order valence-electron chi connectivity index (χ0n) is 9.84. The van der Waals surface area contributed by atoms with Gasteiger partial charge in [0, 0.05) is 5.56 Å². The van der Waals surface area contributed by atoms with E-state index < -0.39 is 11.6 Å². The van der Waals surface area contributed by atoms with Crippen LogP contribution in [0.2, 0.25) is 0 Å². The standard InChI is InChI=1S/C14H18F2/c1-3-5-6-8-11(4-2)14-12(15)9-7-10-13(14)16/h5-7,9-11H,3-4,8H2,1-2H3/b6-5-. The minimum Gasteiger partial charge on any atom is -0.207 e. The van der Waals surface area contributed by atoms with Gasteiger partial charge in [-0.3, -0.25) is 0 Å². The molecule has 0 spiro atoms. The SMILES string of the molecule is CC/C=C\CC(CC)c1c(F)cccc1F. The maximum Gasteiger partial charge on any atom is 0.129 e. The fourth-order valence-corrected chi connectivity index (χ4v) is 1.82. The van der Waals surface area contributed by atoms with Crippen molar-refractivity contribution in [3.63, 3.8) is 0 Å². The Bertz CT molecular complexity index is 336. The molecule has 0 N–H and O–H groups in total. The fourth-order valence-electron chi connectivity index (χ4n) is 1.82. The maximum atomic E-state index is 13.5. The van der Waals surface area contributed by atoms with Crippen molar-refractivity contribution < 1.29 is 8.78 Å². The fraction of sp³-hybridized carbons (Fsp3) is 0.429. The lowest BCUT2D eigenvalue weighted by Crippen LogP contribution is -2.03. The van der Waals surface area contributed by atoms with E-state index in [0.717, 1.165) is 12.8 Å². The van der Waals surface area contributed by atoms with E-state index in [1.165, 1.54) is 18.2 Å². The normalized spacial score (nSPS) is 13.2. The van der Waals surface area contributed by atoms with Crippen molar-refractivity contribution in [2.75, 3.05) is 0 Å². The van der Waals surface area contributed by atoms with E-state index in [0.29, 0.717) is 6.42 Å². The van der Waals surface area contributed by atoms with Gasteiger partial charge < -0.3 is 0 Å². The minimum atomic E-state index is -0.434.